The number of aromatic hydroxyl groups is 4. The van der Waals surface area contributed by atoms with Crippen LogP contribution in [0.5, 0.6) is 23.0 Å². The fourth-order valence-electron chi connectivity index (χ4n) is 4.49. The van der Waals surface area contributed by atoms with Gasteiger partial charge in [0, 0.05) is 72.5 Å². The van der Waals surface area contributed by atoms with Crippen LogP contribution in [0.3, 0.4) is 0 Å². The first-order chi connectivity index (χ1) is 23.2. The molecular weight excluding hydrogens is 720 g/mol. The first-order valence-electron chi connectivity index (χ1n) is 14.0. The van der Waals surface area contributed by atoms with Gasteiger partial charge in [0.15, 0.2) is 0 Å². The van der Waals surface area contributed by atoms with Crippen molar-refractivity contribution in [2.24, 2.45) is 0 Å². The Kier molecular flexibility index (Phi) is 12.1. The summed E-state index contributed by atoms with van der Waals surface area (Å²) in [4.78, 5) is 15.4. The predicted molar refractivity (Wildman–Crippen MR) is 173 cm³/mol. The molecule has 4 aromatic carbocycles. The van der Waals surface area contributed by atoms with Crippen LogP contribution in [0.2, 0.25) is 0 Å². The summed E-state index contributed by atoms with van der Waals surface area (Å²) in [5, 5.41) is 38.4. The first-order valence-corrected chi connectivity index (χ1v) is 14.0. The number of nitrogens with zero attached hydrogens (tertiary/aromatic N) is 4. The van der Waals surface area contributed by atoms with E-state index < -0.39 is 0 Å². The van der Waals surface area contributed by atoms with Gasteiger partial charge in [0.2, 0.25) is 0 Å². The third-order valence-electron chi connectivity index (χ3n) is 6.78. The van der Waals surface area contributed by atoms with E-state index in [1.54, 1.807) is 48.5 Å². The number of hydrogen-bond donors (Lipinski definition) is 4. The Balaban J connectivity index is 0.000000146. The molecular formula is C36H24F4N4O4Zr. The average Bonchev–Trinajstić information content (AvgIpc) is 3.13. The van der Waals surface area contributed by atoms with Gasteiger partial charge in [-0.05, 0) is 97.1 Å². The average molecular weight is 744 g/mol. The van der Waals surface area contributed by atoms with Gasteiger partial charge in [0.25, 0.3) is 0 Å². The van der Waals surface area contributed by atoms with Crippen LogP contribution >= 0.6 is 0 Å². The minimum atomic E-state index is -0.365. The Bertz CT molecular complexity index is 1890. The van der Waals surface area contributed by atoms with Crippen LogP contribution in [0.25, 0.3) is 43.6 Å². The van der Waals surface area contributed by atoms with Crippen LogP contribution in [0.15, 0.2) is 122 Å². The Morgan fingerprint density at radius 1 is 0.327 bits per heavy atom. The molecule has 0 unspecified atom stereocenters. The van der Waals surface area contributed by atoms with Gasteiger partial charge < -0.3 is 20.4 Å². The van der Waals surface area contributed by atoms with E-state index in [1.165, 1.54) is 73.3 Å². The summed E-state index contributed by atoms with van der Waals surface area (Å²) in [6.07, 6.45) is 6.06. The molecule has 8 aromatic rings. The van der Waals surface area contributed by atoms with Gasteiger partial charge in [0.05, 0.1) is 0 Å². The SMILES string of the molecule is Oc1ccc(F)c2cccnc12.Oc1ccc(F)c2cccnc12.Oc1ccc(F)c2cccnc12.Oc1ccc(F)c2cccnc12.[Zr]. The molecule has 0 aliphatic heterocycles. The quantitative estimate of drug-likeness (QED) is 0.114. The molecule has 4 heterocycles. The summed E-state index contributed by atoms with van der Waals surface area (Å²) >= 11 is 0. The summed E-state index contributed by atoms with van der Waals surface area (Å²) in [6, 6.07) is 22.9. The molecule has 4 N–H and O–H groups in total. The van der Waals surface area contributed by atoms with Crippen molar-refractivity contribution in [3.8, 4) is 23.0 Å². The molecule has 4 aromatic heterocycles. The number of rotatable bonds is 0. The molecule has 49 heavy (non-hydrogen) atoms. The van der Waals surface area contributed by atoms with Crippen LogP contribution in [-0.2, 0) is 26.2 Å². The minimum absolute atomic E-state index is 0. The molecule has 8 nitrogen and oxygen atoms in total. The molecule has 244 valence electrons. The fraction of sp³-hybridized carbons (Fsp3) is 0. The van der Waals surface area contributed by atoms with Gasteiger partial charge in [-0.25, -0.2) is 17.6 Å². The van der Waals surface area contributed by atoms with Gasteiger partial charge in [-0.15, -0.1) is 0 Å². The van der Waals surface area contributed by atoms with Crippen LogP contribution < -0.4 is 0 Å². The van der Waals surface area contributed by atoms with Gasteiger partial charge >= 0.3 is 0 Å². The van der Waals surface area contributed by atoms with Crippen molar-refractivity contribution in [2.75, 3.05) is 0 Å². The molecule has 0 fully saturated rings. The molecule has 0 bridgehead atoms. The topological polar surface area (TPSA) is 132 Å². The minimum Gasteiger partial charge on any atom is -0.506 e. The Morgan fingerprint density at radius 2 is 0.531 bits per heavy atom. The maximum atomic E-state index is 13.0. The van der Waals surface area contributed by atoms with Crippen molar-refractivity contribution in [1.29, 1.82) is 0 Å². The second kappa shape index (κ2) is 16.4. The summed E-state index contributed by atoms with van der Waals surface area (Å²) in [5.41, 5.74) is 1.21. The summed E-state index contributed by atoms with van der Waals surface area (Å²) in [6.45, 7) is 0. The van der Waals surface area contributed by atoms with Gasteiger partial charge in [-0.2, -0.15) is 0 Å². The van der Waals surface area contributed by atoms with Crippen molar-refractivity contribution >= 4 is 43.6 Å². The van der Waals surface area contributed by atoms with E-state index in [9.17, 15) is 38.0 Å². The molecule has 0 aliphatic carbocycles. The van der Waals surface area contributed by atoms with E-state index in [2.05, 4.69) is 19.9 Å². The Morgan fingerprint density at radius 3 is 0.714 bits per heavy atom. The maximum Gasteiger partial charge on any atom is 0.142 e. The van der Waals surface area contributed by atoms with Crippen molar-refractivity contribution in [3.63, 3.8) is 0 Å². The van der Waals surface area contributed by atoms with Gasteiger partial charge in [0.1, 0.15) is 68.3 Å². The van der Waals surface area contributed by atoms with Crippen LogP contribution in [-0.4, -0.2) is 40.4 Å². The largest absolute Gasteiger partial charge is 0.506 e. The smallest absolute Gasteiger partial charge is 0.142 e. The monoisotopic (exact) mass is 742 g/mol. The zero-order valence-corrected chi connectivity index (χ0v) is 27.6. The molecule has 0 aliphatic rings. The van der Waals surface area contributed by atoms with Crippen molar-refractivity contribution in [3.05, 3.63) is 145 Å². The molecule has 0 saturated carbocycles. The van der Waals surface area contributed by atoms with Crippen molar-refractivity contribution < 1.29 is 64.2 Å². The predicted octanol–water partition coefficient (Wildman–Crippen LogP) is 8.32. The number of aromatic nitrogens is 4. The molecule has 0 radical (unpaired) electrons. The Labute approximate surface area is 294 Å². The Hall–Kier alpha value is -5.68. The molecule has 0 saturated heterocycles. The molecule has 13 heteroatoms. The third kappa shape index (κ3) is 8.44. The second-order valence-electron chi connectivity index (χ2n) is 9.86. The molecule has 0 spiro atoms. The number of halogens is 4. The normalized spacial score (nSPS) is 10.2. The first kappa shape index (κ1) is 36.2. The van der Waals surface area contributed by atoms with E-state index in [0.717, 1.165) is 0 Å². The van der Waals surface area contributed by atoms with Crippen molar-refractivity contribution in [2.45, 2.75) is 0 Å². The van der Waals surface area contributed by atoms with Gasteiger partial charge in [-0.3, -0.25) is 19.9 Å². The zero-order valence-electron chi connectivity index (χ0n) is 25.1. The maximum absolute atomic E-state index is 13.0. The number of pyridine rings is 4. The van der Waals surface area contributed by atoms with E-state index in [-0.39, 0.29) is 72.5 Å². The second-order valence-corrected chi connectivity index (χ2v) is 9.86. The number of fused-ring (bicyclic) bond motifs is 4. The number of hydrogen-bond acceptors (Lipinski definition) is 8. The van der Waals surface area contributed by atoms with E-state index >= 15 is 0 Å². The van der Waals surface area contributed by atoms with Crippen LogP contribution in [0.4, 0.5) is 17.6 Å². The fourth-order valence-corrected chi connectivity index (χ4v) is 4.49. The van der Waals surface area contributed by atoms with E-state index in [4.69, 9.17) is 0 Å². The summed E-state index contributed by atoms with van der Waals surface area (Å²) < 4.78 is 52.1. The third-order valence-corrected chi connectivity index (χ3v) is 6.78. The summed E-state index contributed by atoms with van der Waals surface area (Å²) in [5.74, 6) is -1.43. The van der Waals surface area contributed by atoms with Crippen LogP contribution in [0.1, 0.15) is 0 Å². The number of phenolic OH excluding ortho intramolecular Hbond substituents is 4. The van der Waals surface area contributed by atoms with Gasteiger partial charge in [-0.1, -0.05) is 0 Å². The van der Waals surface area contributed by atoms with Crippen LogP contribution in [0, 0.1) is 23.3 Å². The van der Waals surface area contributed by atoms with E-state index in [1.807, 2.05) is 0 Å². The van der Waals surface area contributed by atoms with Crippen molar-refractivity contribution in [1.82, 2.24) is 19.9 Å². The standard InChI is InChI=1S/4C9H6FNO.Zr/c4*10-7-3-4-8(12)9-6(7)2-1-5-11-9;/h4*1-5,12H;. The number of phenols is 4. The molecule has 0 atom stereocenters. The molecule has 0 amide bonds. The summed E-state index contributed by atoms with van der Waals surface area (Å²) in [7, 11) is 0. The number of benzene rings is 4. The molecule has 8 rings (SSSR count). The zero-order chi connectivity index (χ0) is 34.2. The van der Waals surface area contributed by atoms with E-state index in [0.29, 0.717) is 43.6 Å².